The molecule has 9 aromatic carbocycles. The Morgan fingerprint density at radius 3 is 0.852 bits per heavy atom. The average molecular weight is 697 g/mol. The zero-order valence-corrected chi connectivity index (χ0v) is 29.4. The summed E-state index contributed by atoms with van der Waals surface area (Å²) in [4.78, 5) is 4.57. The van der Waals surface area contributed by atoms with Gasteiger partial charge >= 0.3 is 0 Å². The molecule has 258 valence electrons. The highest BCUT2D eigenvalue weighted by Crippen LogP contribution is 2.48. The number of anilines is 6. The third kappa shape index (κ3) is 6.06. The van der Waals surface area contributed by atoms with Gasteiger partial charge in [-0.25, -0.2) is 0 Å². The third-order valence-corrected chi connectivity index (χ3v) is 9.97. The van der Waals surface area contributed by atoms with Gasteiger partial charge in [0.15, 0.2) is 0 Å². The van der Waals surface area contributed by atoms with Gasteiger partial charge in [-0.1, -0.05) is 109 Å². The number of fused-ring (bicyclic) bond motifs is 2. The van der Waals surface area contributed by atoms with Crippen LogP contribution in [0, 0.1) is 0 Å². The van der Waals surface area contributed by atoms with E-state index in [1.54, 1.807) is 24.3 Å². The van der Waals surface area contributed by atoms with Gasteiger partial charge in [-0.15, -0.1) is 0 Å². The molecular weight excluding hydrogens is 661 g/mol. The zero-order valence-electron chi connectivity index (χ0n) is 29.4. The van der Waals surface area contributed by atoms with E-state index in [2.05, 4.69) is 143 Å². The Bertz CT molecular complexity index is 2430. The molecule has 0 fully saturated rings. The maximum Gasteiger partial charge on any atom is 0.115 e. The fraction of sp³-hybridized carbons (Fsp3) is 0. The molecule has 0 aliphatic carbocycles. The number of rotatable bonds is 8. The summed E-state index contributed by atoms with van der Waals surface area (Å²) in [6, 6.07) is 70.2. The van der Waals surface area contributed by atoms with Crippen molar-refractivity contribution in [3.63, 3.8) is 0 Å². The smallest absolute Gasteiger partial charge is 0.115 e. The van der Waals surface area contributed by atoms with Crippen LogP contribution >= 0.6 is 0 Å². The Kier molecular flexibility index (Phi) is 8.46. The van der Waals surface area contributed by atoms with Crippen molar-refractivity contribution in [3.05, 3.63) is 206 Å². The fourth-order valence-electron chi connectivity index (χ4n) is 7.56. The second kappa shape index (κ2) is 14.0. The molecular formula is C50H36N2O2. The lowest BCUT2D eigenvalue weighted by atomic mass is 9.85. The summed E-state index contributed by atoms with van der Waals surface area (Å²) in [6.45, 7) is 0. The number of nitrogens with zero attached hydrogens (tertiary/aromatic N) is 2. The van der Waals surface area contributed by atoms with Crippen molar-refractivity contribution in [3.8, 4) is 33.8 Å². The second-order valence-electron chi connectivity index (χ2n) is 13.3. The van der Waals surface area contributed by atoms with E-state index >= 15 is 0 Å². The molecule has 0 radical (unpaired) electrons. The van der Waals surface area contributed by atoms with Gasteiger partial charge in [0.05, 0.1) is 0 Å². The minimum atomic E-state index is 0.219. The van der Waals surface area contributed by atoms with E-state index in [9.17, 15) is 10.2 Å². The standard InChI is InChI=1S/C50H36N2O2/c53-43-27-21-35(22-28-43)49-46-32-26-42(52(39-17-9-3-10-18-39)40-19-11-4-12-20-40)34-48(46)50(36-23-29-44(54)30-24-36)45-31-25-41(33-47(45)49)51(37-13-5-1-6-14-37)38-15-7-2-8-16-38/h1-34,53-54H. The van der Waals surface area contributed by atoms with Crippen LogP contribution in [0.4, 0.5) is 34.1 Å². The molecule has 0 unspecified atom stereocenters. The first-order chi connectivity index (χ1) is 26.6. The number of phenols is 2. The first kappa shape index (κ1) is 32.6. The van der Waals surface area contributed by atoms with E-state index in [1.165, 1.54) is 0 Å². The molecule has 0 aliphatic heterocycles. The summed E-state index contributed by atoms with van der Waals surface area (Å²) >= 11 is 0. The molecule has 0 atom stereocenters. The second-order valence-corrected chi connectivity index (χ2v) is 13.3. The minimum Gasteiger partial charge on any atom is -0.508 e. The van der Waals surface area contributed by atoms with Gasteiger partial charge in [0.2, 0.25) is 0 Å². The molecule has 0 spiro atoms. The first-order valence-corrected chi connectivity index (χ1v) is 18.1. The lowest BCUT2D eigenvalue weighted by molar-refractivity contribution is 0.475. The van der Waals surface area contributed by atoms with Crippen LogP contribution in [0.5, 0.6) is 11.5 Å². The largest absolute Gasteiger partial charge is 0.508 e. The van der Waals surface area contributed by atoms with Crippen LogP contribution in [-0.2, 0) is 0 Å². The van der Waals surface area contributed by atoms with E-state index in [0.29, 0.717) is 0 Å². The average Bonchev–Trinajstić information content (AvgIpc) is 3.23. The molecule has 4 nitrogen and oxygen atoms in total. The van der Waals surface area contributed by atoms with Crippen molar-refractivity contribution in [2.45, 2.75) is 0 Å². The molecule has 0 aromatic heterocycles. The first-order valence-electron chi connectivity index (χ1n) is 18.1. The van der Waals surface area contributed by atoms with E-state index < -0.39 is 0 Å². The molecule has 0 amide bonds. The van der Waals surface area contributed by atoms with Gasteiger partial charge in [0, 0.05) is 34.1 Å². The number of hydrogen-bond donors (Lipinski definition) is 2. The number of benzene rings is 9. The highest BCUT2D eigenvalue weighted by atomic mass is 16.3. The van der Waals surface area contributed by atoms with Crippen molar-refractivity contribution < 1.29 is 10.2 Å². The van der Waals surface area contributed by atoms with E-state index in [0.717, 1.165) is 77.9 Å². The monoisotopic (exact) mass is 696 g/mol. The SMILES string of the molecule is Oc1ccc(-c2c3ccc(N(c4ccccc4)c4ccccc4)cc3c(-c3ccc(O)cc3)c3ccc(N(c4ccccc4)c4ccccc4)cc23)cc1. The molecule has 2 N–H and O–H groups in total. The number of hydrogen-bond acceptors (Lipinski definition) is 4. The normalized spacial score (nSPS) is 11.1. The van der Waals surface area contributed by atoms with Crippen molar-refractivity contribution in [1.29, 1.82) is 0 Å². The van der Waals surface area contributed by atoms with Crippen LogP contribution in [0.1, 0.15) is 0 Å². The summed E-state index contributed by atoms with van der Waals surface area (Å²) < 4.78 is 0. The summed E-state index contributed by atoms with van der Waals surface area (Å²) in [6.07, 6.45) is 0. The molecule has 9 aromatic rings. The van der Waals surface area contributed by atoms with Crippen LogP contribution in [0.3, 0.4) is 0 Å². The van der Waals surface area contributed by atoms with Gasteiger partial charge in [-0.3, -0.25) is 0 Å². The molecule has 0 saturated carbocycles. The van der Waals surface area contributed by atoms with Gasteiger partial charge in [-0.2, -0.15) is 0 Å². The topological polar surface area (TPSA) is 46.9 Å². The summed E-state index contributed by atoms with van der Waals surface area (Å²) in [5.41, 5.74) is 10.4. The Labute approximate surface area is 314 Å². The number of para-hydroxylation sites is 4. The lowest BCUT2D eigenvalue weighted by Crippen LogP contribution is -2.10. The Hall–Kier alpha value is -7.30. The van der Waals surface area contributed by atoms with Gasteiger partial charge in [-0.05, 0) is 141 Å². The van der Waals surface area contributed by atoms with Gasteiger partial charge in [0.1, 0.15) is 11.5 Å². The minimum absolute atomic E-state index is 0.219. The van der Waals surface area contributed by atoms with Crippen LogP contribution in [0.2, 0.25) is 0 Å². The van der Waals surface area contributed by atoms with Gasteiger partial charge < -0.3 is 20.0 Å². The Morgan fingerprint density at radius 2 is 0.556 bits per heavy atom. The fourth-order valence-corrected chi connectivity index (χ4v) is 7.56. The Morgan fingerprint density at radius 1 is 0.259 bits per heavy atom. The summed E-state index contributed by atoms with van der Waals surface area (Å²) in [5.74, 6) is 0.438. The van der Waals surface area contributed by atoms with Crippen LogP contribution < -0.4 is 9.80 Å². The predicted molar refractivity (Wildman–Crippen MR) is 225 cm³/mol. The molecule has 0 aliphatic rings. The van der Waals surface area contributed by atoms with Crippen molar-refractivity contribution in [2.24, 2.45) is 0 Å². The highest BCUT2D eigenvalue weighted by molar-refractivity contribution is 6.22. The van der Waals surface area contributed by atoms with E-state index in [4.69, 9.17) is 0 Å². The van der Waals surface area contributed by atoms with Crippen molar-refractivity contribution in [2.75, 3.05) is 9.80 Å². The molecule has 0 heterocycles. The van der Waals surface area contributed by atoms with Gasteiger partial charge in [0.25, 0.3) is 0 Å². The molecule has 0 saturated heterocycles. The maximum absolute atomic E-state index is 10.4. The lowest BCUT2D eigenvalue weighted by Gasteiger charge is -2.28. The zero-order chi connectivity index (χ0) is 36.4. The molecule has 54 heavy (non-hydrogen) atoms. The van der Waals surface area contributed by atoms with Crippen LogP contribution in [-0.4, -0.2) is 10.2 Å². The summed E-state index contributed by atoms with van der Waals surface area (Å²) in [5, 5.41) is 25.1. The van der Waals surface area contributed by atoms with Crippen molar-refractivity contribution in [1.82, 2.24) is 0 Å². The molecule has 4 heteroatoms. The Balaban J connectivity index is 1.38. The number of aromatic hydroxyl groups is 2. The highest BCUT2D eigenvalue weighted by Gasteiger charge is 2.22. The third-order valence-electron chi connectivity index (χ3n) is 9.97. The van der Waals surface area contributed by atoms with E-state index in [1.807, 2.05) is 48.5 Å². The van der Waals surface area contributed by atoms with Crippen LogP contribution in [0.25, 0.3) is 43.8 Å². The van der Waals surface area contributed by atoms with Crippen molar-refractivity contribution >= 4 is 55.7 Å². The quantitative estimate of drug-likeness (QED) is 0.155. The summed E-state index contributed by atoms with van der Waals surface area (Å²) in [7, 11) is 0. The van der Waals surface area contributed by atoms with E-state index in [-0.39, 0.29) is 11.5 Å². The molecule has 9 rings (SSSR count). The predicted octanol–water partition coefficient (Wildman–Crippen LogP) is 13.7. The number of phenolic OH excluding ortho intramolecular Hbond substituents is 2. The molecule has 0 bridgehead atoms. The van der Waals surface area contributed by atoms with Crippen LogP contribution in [0.15, 0.2) is 206 Å². The maximum atomic E-state index is 10.4.